The average Bonchev–Trinajstić information content (AvgIpc) is 3.76. The molecule has 5 fully saturated rings. The fourth-order valence-electron chi connectivity index (χ4n) is 11.2. The number of ether oxygens (including phenoxy) is 1. The Morgan fingerprint density at radius 1 is 1.02 bits per heavy atom. The van der Waals surface area contributed by atoms with Gasteiger partial charge in [-0.2, -0.15) is 0 Å². The molecule has 0 radical (unpaired) electrons. The van der Waals surface area contributed by atoms with Crippen LogP contribution in [0.4, 0.5) is 5.69 Å². The van der Waals surface area contributed by atoms with Gasteiger partial charge in [0.2, 0.25) is 11.8 Å². The summed E-state index contributed by atoms with van der Waals surface area (Å²) in [5.41, 5.74) is 3.33. The van der Waals surface area contributed by atoms with E-state index in [2.05, 4.69) is 29.6 Å². The lowest BCUT2D eigenvalue weighted by atomic mass is 9.47. The van der Waals surface area contributed by atoms with Gasteiger partial charge in [0.05, 0.1) is 19.1 Å². The Hall–Kier alpha value is -3.97. The summed E-state index contributed by atoms with van der Waals surface area (Å²) in [4.78, 5) is 64.9. The van der Waals surface area contributed by atoms with Crippen LogP contribution in [0.5, 0.6) is 0 Å². The molecule has 3 heterocycles. The van der Waals surface area contributed by atoms with Gasteiger partial charge in [0.25, 0.3) is 5.91 Å². The van der Waals surface area contributed by atoms with Gasteiger partial charge >= 0.3 is 5.97 Å². The van der Waals surface area contributed by atoms with Crippen molar-refractivity contribution in [1.82, 2.24) is 15.4 Å². The van der Waals surface area contributed by atoms with Crippen molar-refractivity contribution in [1.29, 1.82) is 0 Å². The van der Waals surface area contributed by atoms with E-state index in [0.29, 0.717) is 53.5 Å². The standard InChI is InChI=1S/C41H50N4O8S/c1-21-31(35(48)43-33-36(49)45-34(38(50)51)39(2,3)54-37(33)45)32(44-53-21)22-6-9-24(10-7-22)42-30(47)16-19-52-29-13-12-27-26-11-8-23-20-25(46)14-17-40(23,4)28(26)15-18-41(27,29)5/h6-7,9-10,20,26-29,33-34,37H,8,11-19H2,1-5H3,(H,42,47)(H,43,48)(H,50,51). The molecule has 2 saturated heterocycles. The third-order valence-electron chi connectivity index (χ3n) is 14.0. The lowest BCUT2D eigenvalue weighted by molar-refractivity contribution is -0.159. The highest BCUT2D eigenvalue weighted by atomic mass is 32.2. The summed E-state index contributed by atoms with van der Waals surface area (Å²) in [5.74, 6) is 0.302. The topological polar surface area (TPSA) is 168 Å². The molecule has 4 aliphatic carbocycles. The zero-order valence-corrected chi connectivity index (χ0v) is 32.4. The number of ketones is 1. The molecule has 9 unspecified atom stereocenters. The Labute approximate surface area is 319 Å². The van der Waals surface area contributed by atoms with Crippen LogP contribution in [0.15, 0.2) is 40.4 Å². The summed E-state index contributed by atoms with van der Waals surface area (Å²) in [6.45, 7) is 10.3. The lowest BCUT2D eigenvalue weighted by Crippen LogP contribution is -2.70. The number of hydrogen-bond acceptors (Lipinski definition) is 9. The third kappa shape index (κ3) is 5.91. The summed E-state index contributed by atoms with van der Waals surface area (Å²) >= 11 is 1.36. The van der Waals surface area contributed by atoms with E-state index >= 15 is 0 Å². The molecule has 9 atom stereocenters. The normalized spacial score (nSPS) is 34.9. The molecule has 13 heteroatoms. The number of nitrogens with one attached hydrogen (secondary N) is 2. The zero-order chi connectivity index (χ0) is 38.3. The van der Waals surface area contributed by atoms with Crippen molar-refractivity contribution in [3.63, 3.8) is 0 Å². The molecule has 2 aromatic rings. The summed E-state index contributed by atoms with van der Waals surface area (Å²) in [5, 5.41) is 19.1. The second-order valence-electron chi connectivity index (χ2n) is 17.3. The molecule has 8 rings (SSSR count). The van der Waals surface area contributed by atoms with Crippen LogP contribution in [0.3, 0.4) is 0 Å². The summed E-state index contributed by atoms with van der Waals surface area (Å²) in [6.07, 6.45) is 10.7. The van der Waals surface area contributed by atoms with Gasteiger partial charge in [-0.15, -0.1) is 11.8 Å². The van der Waals surface area contributed by atoms with E-state index in [0.717, 1.165) is 38.5 Å². The third-order valence-corrected chi connectivity index (χ3v) is 15.6. The summed E-state index contributed by atoms with van der Waals surface area (Å²) in [6, 6.07) is 5.14. The first-order valence-corrected chi connectivity index (χ1v) is 20.3. The van der Waals surface area contributed by atoms with Crippen LogP contribution in [-0.2, 0) is 23.9 Å². The van der Waals surface area contributed by atoms with E-state index in [9.17, 15) is 29.1 Å². The van der Waals surface area contributed by atoms with E-state index in [-0.39, 0.29) is 40.6 Å². The van der Waals surface area contributed by atoms with Gasteiger partial charge in [-0.1, -0.05) is 36.7 Å². The lowest BCUT2D eigenvalue weighted by Gasteiger charge is -2.58. The monoisotopic (exact) mass is 758 g/mol. The predicted octanol–water partition coefficient (Wildman–Crippen LogP) is 6.14. The SMILES string of the molecule is Cc1onc(-c2ccc(NC(=O)CCOC3CCC4C5CCC6=CC(=O)CCC6(C)C5CCC34C)cc2)c1C(=O)NC1C(=O)N2C1SC(C)(C)C2C(=O)O. The fourth-order valence-corrected chi connectivity index (χ4v) is 12.8. The van der Waals surface area contributed by atoms with Gasteiger partial charge in [-0.25, -0.2) is 4.79 Å². The van der Waals surface area contributed by atoms with Gasteiger partial charge < -0.3 is 29.9 Å². The van der Waals surface area contributed by atoms with Crippen LogP contribution in [-0.4, -0.2) is 79.6 Å². The molecule has 1 aromatic heterocycles. The molecule has 1 aromatic carbocycles. The van der Waals surface area contributed by atoms with Crippen molar-refractivity contribution in [3.8, 4) is 11.3 Å². The van der Waals surface area contributed by atoms with Crippen LogP contribution in [0.2, 0.25) is 0 Å². The number of rotatable bonds is 9. The number of nitrogens with zero attached hydrogens (tertiary/aromatic N) is 2. The van der Waals surface area contributed by atoms with E-state index in [4.69, 9.17) is 9.26 Å². The summed E-state index contributed by atoms with van der Waals surface area (Å²) in [7, 11) is 0. The number of allylic oxidation sites excluding steroid dienone is 1. The van der Waals surface area contributed by atoms with Crippen LogP contribution < -0.4 is 10.6 Å². The van der Waals surface area contributed by atoms with Gasteiger partial charge in [0, 0.05) is 22.4 Å². The smallest absolute Gasteiger partial charge is 0.327 e. The van der Waals surface area contributed by atoms with Crippen LogP contribution in [0.25, 0.3) is 11.3 Å². The number of carbonyl (C=O) groups excluding carboxylic acids is 4. The number of aliphatic carboxylic acids is 1. The number of amides is 3. The molecule has 2 aliphatic heterocycles. The predicted molar refractivity (Wildman–Crippen MR) is 201 cm³/mol. The Morgan fingerprint density at radius 3 is 2.52 bits per heavy atom. The molecule has 54 heavy (non-hydrogen) atoms. The molecule has 12 nitrogen and oxygen atoms in total. The minimum atomic E-state index is -1.07. The van der Waals surface area contributed by atoms with Crippen molar-refractivity contribution in [2.75, 3.05) is 11.9 Å². The number of β-lactam (4-membered cyclic amide) rings is 1. The maximum absolute atomic E-state index is 13.5. The highest BCUT2D eigenvalue weighted by Gasteiger charge is 2.64. The number of benzene rings is 1. The van der Waals surface area contributed by atoms with Crippen LogP contribution in [0, 0.1) is 35.5 Å². The minimum Gasteiger partial charge on any atom is -0.480 e. The van der Waals surface area contributed by atoms with E-state index in [1.807, 2.05) is 6.08 Å². The zero-order valence-electron chi connectivity index (χ0n) is 31.6. The van der Waals surface area contributed by atoms with E-state index < -0.39 is 40.0 Å². The molecule has 0 spiro atoms. The number of aryl methyl sites for hydroxylation is 1. The number of carboxylic acids is 1. The van der Waals surface area contributed by atoms with Crippen molar-refractivity contribution in [2.24, 2.45) is 28.6 Å². The fraction of sp³-hybridized carbons (Fsp3) is 0.610. The highest BCUT2D eigenvalue weighted by Crippen LogP contribution is 2.65. The number of anilines is 1. The Kier molecular flexibility index (Phi) is 9.14. The first kappa shape index (κ1) is 37.0. The molecular weight excluding hydrogens is 709 g/mol. The number of carbonyl (C=O) groups is 5. The van der Waals surface area contributed by atoms with Crippen molar-refractivity contribution >= 4 is 46.9 Å². The van der Waals surface area contributed by atoms with E-state index in [1.165, 1.54) is 28.7 Å². The number of fused-ring (bicyclic) bond motifs is 6. The Balaban J connectivity index is 0.844. The quantitative estimate of drug-likeness (QED) is 0.253. The van der Waals surface area contributed by atoms with Gasteiger partial charge in [-0.05, 0) is 113 Å². The minimum absolute atomic E-state index is 0.105. The van der Waals surface area contributed by atoms with Crippen molar-refractivity contribution in [3.05, 3.63) is 47.2 Å². The summed E-state index contributed by atoms with van der Waals surface area (Å²) < 4.78 is 11.2. The van der Waals surface area contributed by atoms with Crippen molar-refractivity contribution < 1.29 is 38.3 Å². The van der Waals surface area contributed by atoms with Crippen LogP contribution in [0.1, 0.15) is 102 Å². The van der Waals surface area contributed by atoms with E-state index in [1.54, 1.807) is 45.0 Å². The average molecular weight is 759 g/mol. The largest absolute Gasteiger partial charge is 0.480 e. The maximum Gasteiger partial charge on any atom is 0.327 e. The number of thioether (sulfide) groups is 1. The molecule has 3 saturated carbocycles. The van der Waals surface area contributed by atoms with Gasteiger partial charge in [0.15, 0.2) is 5.78 Å². The second-order valence-corrected chi connectivity index (χ2v) is 19.1. The second kappa shape index (κ2) is 13.4. The molecule has 0 bridgehead atoms. The highest BCUT2D eigenvalue weighted by molar-refractivity contribution is 8.01. The first-order valence-electron chi connectivity index (χ1n) is 19.4. The molecular formula is C41H50N4O8S. The van der Waals surface area contributed by atoms with Crippen molar-refractivity contribution in [2.45, 2.75) is 121 Å². The Morgan fingerprint density at radius 2 is 1.78 bits per heavy atom. The number of aromatic nitrogens is 1. The number of hydrogen-bond donors (Lipinski definition) is 3. The first-order chi connectivity index (χ1) is 25.6. The number of carboxylic acid groups (broad SMARTS) is 1. The molecule has 6 aliphatic rings. The van der Waals surface area contributed by atoms with Crippen LogP contribution >= 0.6 is 11.8 Å². The molecule has 3 N–H and O–H groups in total. The Bertz CT molecular complexity index is 1940. The molecule has 3 amide bonds. The van der Waals surface area contributed by atoms with Gasteiger partial charge in [-0.3, -0.25) is 19.2 Å². The molecule has 288 valence electrons. The maximum atomic E-state index is 13.5. The van der Waals surface area contributed by atoms with Gasteiger partial charge in [0.1, 0.15) is 34.5 Å².